The molecule has 2 nitrogen and oxygen atoms in total. The Bertz CT molecular complexity index is 341. The molecule has 0 saturated carbocycles. The van der Waals surface area contributed by atoms with Crippen LogP contribution in [0.1, 0.15) is 11.1 Å². The highest BCUT2D eigenvalue weighted by atomic mass is 35.5. The molecule has 0 unspecified atom stereocenters. The summed E-state index contributed by atoms with van der Waals surface area (Å²) in [6.45, 7) is 0.177. The van der Waals surface area contributed by atoms with Crippen LogP contribution in [0, 0.1) is 0 Å². The molecule has 0 amide bonds. The molecule has 2 N–H and O–H groups in total. The molecule has 0 bridgehead atoms. The second-order valence-corrected chi connectivity index (χ2v) is 3.06. The van der Waals surface area contributed by atoms with Gasteiger partial charge in [-0.15, -0.1) is 12.4 Å². The molecule has 0 aliphatic rings. The predicted molar refractivity (Wildman–Crippen MR) is 58.0 cm³/mol. The Morgan fingerprint density at radius 3 is 2.38 bits per heavy atom. The molecule has 0 saturated heterocycles. The first-order chi connectivity index (χ1) is 6.99. The standard InChI is InChI=1S/C10H12F3NO.ClH/c1-15-8-2-3-9(10(11,12)13)7(6-8)4-5-14;/h2-3,6H,4-5,14H2,1H3;1H. The van der Waals surface area contributed by atoms with Crippen molar-refractivity contribution in [3.63, 3.8) is 0 Å². The van der Waals surface area contributed by atoms with Crippen LogP contribution < -0.4 is 10.5 Å². The van der Waals surface area contributed by atoms with Crippen molar-refractivity contribution < 1.29 is 17.9 Å². The average Bonchev–Trinajstić information content (AvgIpc) is 2.16. The van der Waals surface area contributed by atoms with E-state index >= 15 is 0 Å². The number of rotatable bonds is 3. The Morgan fingerprint density at radius 2 is 1.94 bits per heavy atom. The highest BCUT2D eigenvalue weighted by molar-refractivity contribution is 5.85. The van der Waals surface area contributed by atoms with Gasteiger partial charge in [-0.25, -0.2) is 0 Å². The molecule has 0 aliphatic carbocycles. The molecule has 1 aromatic carbocycles. The average molecular weight is 256 g/mol. The summed E-state index contributed by atoms with van der Waals surface area (Å²) in [4.78, 5) is 0. The van der Waals surface area contributed by atoms with Gasteiger partial charge in [0, 0.05) is 0 Å². The van der Waals surface area contributed by atoms with Crippen molar-refractivity contribution in [2.75, 3.05) is 13.7 Å². The minimum Gasteiger partial charge on any atom is -0.497 e. The van der Waals surface area contributed by atoms with Gasteiger partial charge in [0.2, 0.25) is 0 Å². The molecule has 0 spiro atoms. The fourth-order valence-electron chi connectivity index (χ4n) is 1.34. The van der Waals surface area contributed by atoms with Gasteiger partial charge in [0.15, 0.2) is 0 Å². The van der Waals surface area contributed by atoms with Crippen LogP contribution in [0.2, 0.25) is 0 Å². The summed E-state index contributed by atoms with van der Waals surface area (Å²) in [6, 6.07) is 3.68. The van der Waals surface area contributed by atoms with Gasteiger partial charge >= 0.3 is 6.18 Å². The number of ether oxygens (including phenoxy) is 1. The van der Waals surface area contributed by atoms with Crippen LogP contribution in [0.3, 0.4) is 0 Å². The molecule has 92 valence electrons. The Labute approximate surface area is 98.0 Å². The van der Waals surface area contributed by atoms with Crippen molar-refractivity contribution in [2.45, 2.75) is 12.6 Å². The van der Waals surface area contributed by atoms with Gasteiger partial charge in [0.05, 0.1) is 12.7 Å². The first-order valence-corrected chi connectivity index (χ1v) is 4.43. The third-order valence-corrected chi connectivity index (χ3v) is 2.03. The lowest BCUT2D eigenvalue weighted by Crippen LogP contribution is -2.12. The Kier molecular flexibility index (Phi) is 5.61. The van der Waals surface area contributed by atoms with E-state index < -0.39 is 11.7 Å². The minimum atomic E-state index is -4.34. The number of benzene rings is 1. The molecule has 0 radical (unpaired) electrons. The predicted octanol–water partition coefficient (Wildman–Crippen LogP) is 2.64. The number of halogens is 4. The highest BCUT2D eigenvalue weighted by Gasteiger charge is 2.33. The van der Waals surface area contributed by atoms with Gasteiger partial charge in [-0.1, -0.05) is 0 Å². The molecule has 0 aromatic heterocycles. The third-order valence-electron chi connectivity index (χ3n) is 2.03. The van der Waals surface area contributed by atoms with Crippen molar-refractivity contribution in [3.8, 4) is 5.75 Å². The fourth-order valence-corrected chi connectivity index (χ4v) is 1.34. The van der Waals surface area contributed by atoms with Gasteiger partial charge in [0.25, 0.3) is 0 Å². The van der Waals surface area contributed by atoms with Crippen LogP contribution in [-0.4, -0.2) is 13.7 Å². The summed E-state index contributed by atoms with van der Waals surface area (Å²) in [6.07, 6.45) is -4.15. The van der Waals surface area contributed by atoms with E-state index in [1.807, 2.05) is 0 Å². The maximum atomic E-state index is 12.5. The van der Waals surface area contributed by atoms with Crippen LogP contribution in [0.15, 0.2) is 18.2 Å². The Morgan fingerprint density at radius 1 is 1.31 bits per heavy atom. The van der Waals surface area contributed by atoms with Gasteiger partial charge in [-0.3, -0.25) is 0 Å². The maximum absolute atomic E-state index is 12.5. The van der Waals surface area contributed by atoms with E-state index in [9.17, 15) is 13.2 Å². The van der Waals surface area contributed by atoms with Gasteiger partial charge < -0.3 is 10.5 Å². The zero-order chi connectivity index (χ0) is 11.5. The lowest BCUT2D eigenvalue weighted by molar-refractivity contribution is -0.138. The van der Waals surface area contributed by atoms with Crippen molar-refractivity contribution in [2.24, 2.45) is 5.73 Å². The summed E-state index contributed by atoms with van der Waals surface area (Å²) >= 11 is 0. The van der Waals surface area contributed by atoms with E-state index in [0.29, 0.717) is 5.75 Å². The smallest absolute Gasteiger partial charge is 0.416 e. The summed E-state index contributed by atoms with van der Waals surface area (Å²) in [5.74, 6) is 0.409. The first-order valence-electron chi connectivity index (χ1n) is 4.43. The van der Waals surface area contributed by atoms with Crippen LogP contribution in [0.25, 0.3) is 0 Å². The van der Waals surface area contributed by atoms with Crippen molar-refractivity contribution >= 4 is 12.4 Å². The van der Waals surface area contributed by atoms with E-state index in [2.05, 4.69) is 0 Å². The van der Waals surface area contributed by atoms with Crippen molar-refractivity contribution in [1.82, 2.24) is 0 Å². The quantitative estimate of drug-likeness (QED) is 0.901. The summed E-state index contributed by atoms with van der Waals surface area (Å²) < 4.78 is 42.4. The van der Waals surface area contributed by atoms with Crippen molar-refractivity contribution in [3.05, 3.63) is 29.3 Å². The van der Waals surface area contributed by atoms with E-state index in [1.54, 1.807) is 0 Å². The molecule has 0 heterocycles. The second kappa shape index (κ2) is 5.96. The highest BCUT2D eigenvalue weighted by Crippen LogP contribution is 2.33. The van der Waals surface area contributed by atoms with Crippen LogP contribution in [0.5, 0.6) is 5.75 Å². The molecule has 0 fully saturated rings. The number of methoxy groups -OCH3 is 1. The topological polar surface area (TPSA) is 35.2 Å². The zero-order valence-electron chi connectivity index (χ0n) is 8.67. The SMILES string of the molecule is COc1ccc(C(F)(F)F)c(CCN)c1.Cl. The molecular formula is C10H13ClF3NO. The summed E-state index contributed by atoms with van der Waals surface area (Å²) in [5, 5.41) is 0. The third kappa shape index (κ3) is 3.57. The van der Waals surface area contributed by atoms with Gasteiger partial charge in [-0.05, 0) is 36.7 Å². The fraction of sp³-hybridized carbons (Fsp3) is 0.400. The van der Waals surface area contributed by atoms with Crippen LogP contribution in [-0.2, 0) is 12.6 Å². The summed E-state index contributed by atoms with van der Waals surface area (Å²) in [7, 11) is 1.41. The molecule has 6 heteroatoms. The van der Waals surface area contributed by atoms with Crippen LogP contribution >= 0.6 is 12.4 Å². The zero-order valence-corrected chi connectivity index (χ0v) is 9.49. The van der Waals surface area contributed by atoms with E-state index in [-0.39, 0.29) is 30.9 Å². The molecular weight excluding hydrogens is 243 g/mol. The van der Waals surface area contributed by atoms with Crippen LogP contribution in [0.4, 0.5) is 13.2 Å². The Balaban J connectivity index is 0.00000225. The number of hydrogen-bond acceptors (Lipinski definition) is 2. The van der Waals surface area contributed by atoms with Crippen molar-refractivity contribution in [1.29, 1.82) is 0 Å². The number of hydrogen-bond donors (Lipinski definition) is 1. The normalized spacial score (nSPS) is 10.8. The Hall–Kier alpha value is -0.940. The molecule has 0 atom stereocenters. The maximum Gasteiger partial charge on any atom is 0.416 e. The lowest BCUT2D eigenvalue weighted by Gasteiger charge is -2.13. The van der Waals surface area contributed by atoms with E-state index in [0.717, 1.165) is 6.07 Å². The molecule has 16 heavy (non-hydrogen) atoms. The minimum absolute atomic E-state index is 0. The lowest BCUT2D eigenvalue weighted by atomic mass is 10.0. The second-order valence-electron chi connectivity index (χ2n) is 3.06. The van der Waals surface area contributed by atoms with E-state index in [4.69, 9.17) is 10.5 Å². The molecule has 1 rings (SSSR count). The van der Waals surface area contributed by atoms with E-state index in [1.165, 1.54) is 19.2 Å². The number of nitrogens with two attached hydrogens (primary N) is 1. The molecule has 1 aromatic rings. The van der Waals surface area contributed by atoms with Gasteiger partial charge in [-0.2, -0.15) is 13.2 Å². The summed E-state index contributed by atoms with van der Waals surface area (Å²) in [5.41, 5.74) is 4.78. The largest absolute Gasteiger partial charge is 0.497 e. The number of alkyl halides is 3. The van der Waals surface area contributed by atoms with Gasteiger partial charge in [0.1, 0.15) is 5.75 Å². The monoisotopic (exact) mass is 255 g/mol. The molecule has 0 aliphatic heterocycles. The first kappa shape index (κ1) is 15.1.